The van der Waals surface area contributed by atoms with Gasteiger partial charge in [0, 0.05) is 0 Å². The van der Waals surface area contributed by atoms with E-state index in [9.17, 15) is 9.90 Å². The molecule has 21 heavy (non-hydrogen) atoms. The number of aliphatic hydroxyl groups is 2. The van der Waals surface area contributed by atoms with E-state index in [1.807, 2.05) is 0 Å². The average molecular weight is 302 g/mol. The van der Waals surface area contributed by atoms with Gasteiger partial charge in [-0.15, -0.1) is 0 Å². The zero-order chi connectivity index (χ0) is 15.9. The highest BCUT2D eigenvalue weighted by Gasteiger charge is 2.15. The standard InChI is InChI=1S/C17H34O4/c1-2-3-4-5-9-12-16(19)13-10-7-6-8-11-15(14-18)17(20)21/h15-16,18-19H,2-14H2,1H3,(H,20,21). The van der Waals surface area contributed by atoms with E-state index in [4.69, 9.17) is 10.2 Å². The van der Waals surface area contributed by atoms with Crippen molar-refractivity contribution in [3.8, 4) is 0 Å². The van der Waals surface area contributed by atoms with Crippen molar-refractivity contribution in [1.29, 1.82) is 0 Å². The Hall–Kier alpha value is -0.610. The summed E-state index contributed by atoms with van der Waals surface area (Å²) in [4.78, 5) is 10.7. The average Bonchev–Trinajstić information content (AvgIpc) is 2.46. The molecule has 0 aromatic carbocycles. The molecule has 0 rings (SSSR count). The van der Waals surface area contributed by atoms with Crippen molar-refractivity contribution >= 4 is 5.97 Å². The monoisotopic (exact) mass is 302 g/mol. The molecule has 3 N–H and O–H groups in total. The normalized spacial score (nSPS) is 14.0. The van der Waals surface area contributed by atoms with Crippen LogP contribution in [0.5, 0.6) is 0 Å². The molecular formula is C17H34O4. The molecule has 0 bridgehead atoms. The van der Waals surface area contributed by atoms with Gasteiger partial charge in [0.25, 0.3) is 0 Å². The minimum absolute atomic E-state index is 0.171. The van der Waals surface area contributed by atoms with E-state index in [0.717, 1.165) is 44.9 Å². The fourth-order valence-electron chi connectivity index (χ4n) is 2.54. The molecule has 2 unspecified atom stereocenters. The number of carboxylic acids is 1. The van der Waals surface area contributed by atoms with Gasteiger partial charge in [-0.05, 0) is 19.3 Å². The summed E-state index contributed by atoms with van der Waals surface area (Å²) < 4.78 is 0. The van der Waals surface area contributed by atoms with Gasteiger partial charge in [-0.3, -0.25) is 4.79 Å². The number of hydrogen-bond donors (Lipinski definition) is 3. The lowest BCUT2D eigenvalue weighted by atomic mass is 9.99. The Morgan fingerprint density at radius 2 is 1.33 bits per heavy atom. The Labute approximate surface area is 129 Å². The number of aliphatic hydroxyl groups excluding tert-OH is 2. The lowest BCUT2D eigenvalue weighted by molar-refractivity contribution is -0.143. The Bertz CT molecular complexity index is 243. The molecule has 0 saturated carbocycles. The highest BCUT2D eigenvalue weighted by Crippen LogP contribution is 2.15. The quantitative estimate of drug-likeness (QED) is 0.403. The van der Waals surface area contributed by atoms with Gasteiger partial charge in [0.2, 0.25) is 0 Å². The van der Waals surface area contributed by atoms with E-state index in [-0.39, 0.29) is 12.7 Å². The van der Waals surface area contributed by atoms with Gasteiger partial charge < -0.3 is 15.3 Å². The van der Waals surface area contributed by atoms with E-state index in [1.165, 1.54) is 25.7 Å². The zero-order valence-electron chi connectivity index (χ0n) is 13.6. The number of carboxylic acid groups (broad SMARTS) is 1. The van der Waals surface area contributed by atoms with Crippen molar-refractivity contribution in [2.75, 3.05) is 6.61 Å². The van der Waals surface area contributed by atoms with Gasteiger partial charge in [-0.2, -0.15) is 0 Å². The number of hydrogen-bond acceptors (Lipinski definition) is 3. The Morgan fingerprint density at radius 1 is 0.857 bits per heavy atom. The van der Waals surface area contributed by atoms with Crippen LogP contribution in [0.1, 0.15) is 84.0 Å². The number of aliphatic carboxylic acids is 1. The predicted molar refractivity (Wildman–Crippen MR) is 85.3 cm³/mol. The van der Waals surface area contributed by atoms with Gasteiger partial charge in [0.15, 0.2) is 0 Å². The van der Waals surface area contributed by atoms with Gasteiger partial charge in [0.1, 0.15) is 0 Å². The lowest BCUT2D eigenvalue weighted by Gasteiger charge is -2.11. The Morgan fingerprint density at radius 3 is 1.76 bits per heavy atom. The molecule has 0 aromatic rings. The second kappa shape index (κ2) is 14.3. The van der Waals surface area contributed by atoms with Gasteiger partial charge in [0.05, 0.1) is 18.6 Å². The first-order chi connectivity index (χ1) is 10.1. The molecule has 0 radical (unpaired) electrons. The van der Waals surface area contributed by atoms with Crippen LogP contribution in [0, 0.1) is 5.92 Å². The van der Waals surface area contributed by atoms with E-state index in [2.05, 4.69) is 6.92 Å². The summed E-state index contributed by atoms with van der Waals surface area (Å²) in [6.45, 7) is 1.93. The first-order valence-corrected chi connectivity index (χ1v) is 8.63. The molecule has 0 saturated heterocycles. The molecule has 0 spiro atoms. The molecule has 126 valence electrons. The topological polar surface area (TPSA) is 77.8 Å². The molecule has 0 fully saturated rings. The molecule has 0 amide bonds. The Kier molecular flexibility index (Phi) is 13.9. The molecule has 4 nitrogen and oxygen atoms in total. The highest BCUT2D eigenvalue weighted by atomic mass is 16.4. The van der Waals surface area contributed by atoms with Crippen LogP contribution in [0.3, 0.4) is 0 Å². The maximum absolute atomic E-state index is 10.7. The smallest absolute Gasteiger partial charge is 0.308 e. The SMILES string of the molecule is CCCCCCCC(O)CCCCCCC(CO)C(=O)O. The molecule has 4 heteroatoms. The van der Waals surface area contributed by atoms with E-state index in [1.54, 1.807) is 0 Å². The van der Waals surface area contributed by atoms with E-state index in [0.29, 0.717) is 6.42 Å². The summed E-state index contributed by atoms with van der Waals surface area (Å²) in [5, 5.41) is 27.5. The number of unbranched alkanes of at least 4 members (excludes halogenated alkanes) is 7. The van der Waals surface area contributed by atoms with Crippen LogP contribution in [0.25, 0.3) is 0 Å². The molecule has 0 aliphatic rings. The van der Waals surface area contributed by atoms with Crippen molar-refractivity contribution in [3.05, 3.63) is 0 Å². The van der Waals surface area contributed by atoms with Crippen LogP contribution in [-0.4, -0.2) is 34.0 Å². The first-order valence-electron chi connectivity index (χ1n) is 8.63. The second-order valence-corrected chi connectivity index (χ2v) is 6.07. The predicted octanol–water partition coefficient (Wildman–Crippen LogP) is 3.74. The minimum atomic E-state index is -0.906. The summed E-state index contributed by atoms with van der Waals surface area (Å²) in [7, 11) is 0. The van der Waals surface area contributed by atoms with Crippen molar-refractivity contribution in [3.63, 3.8) is 0 Å². The van der Waals surface area contributed by atoms with Crippen molar-refractivity contribution in [2.45, 2.75) is 90.1 Å². The largest absolute Gasteiger partial charge is 0.481 e. The lowest BCUT2D eigenvalue weighted by Crippen LogP contribution is -2.17. The fraction of sp³-hybridized carbons (Fsp3) is 0.941. The molecule has 0 aromatic heterocycles. The maximum atomic E-state index is 10.7. The highest BCUT2D eigenvalue weighted by molar-refractivity contribution is 5.69. The van der Waals surface area contributed by atoms with Crippen LogP contribution in [0.4, 0.5) is 0 Å². The van der Waals surface area contributed by atoms with E-state index >= 15 is 0 Å². The summed E-state index contributed by atoms with van der Waals surface area (Å²) in [6.07, 6.45) is 12.2. The first kappa shape index (κ1) is 20.4. The van der Waals surface area contributed by atoms with Gasteiger partial charge >= 0.3 is 5.97 Å². The Balaban J connectivity index is 3.35. The zero-order valence-corrected chi connectivity index (χ0v) is 13.6. The molecule has 0 aliphatic carbocycles. The van der Waals surface area contributed by atoms with Crippen LogP contribution < -0.4 is 0 Å². The van der Waals surface area contributed by atoms with Crippen LogP contribution >= 0.6 is 0 Å². The molecule has 0 aliphatic heterocycles. The van der Waals surface area contributed by atoms with E-state index < -0.39 is 11.9 Å². The van der Waals surface area contributed by atoms with Gasteiger partial charge in [-0.25, -0.2) is 0 Å². The summed E-state index contributed by atoms with van der Waals surface area (Å²) >= 11 is 0. The molecule has 0 heterocycles. The van der Waals surface area contributed by atoms with Crippen LogP contribution in [-0.2, 0) is 4.79 Å². The second-order valence-electron chi connectivity index (χ2n) is 6.07. The molecular weight excluding hydrogens is 268 g/mol. The fourth-order valence-corrected chi connectivity index (χ4v) is 2.54. The van der Waals surface area contributed by atoms with Crippen molar-refractivity contribution in [1.82, 2.24) is 0 Å². The van der Waals surface area contributed by atoms with Crippen molar-refractivity contribution in [2.24, 2.45) is 5.92 Å². The number of rotatable bonds is 15. The van der Waals surface area contributed by atoms with Crippen LogP contribution in [0.15, 0.2) is 0 Å². The van der Waals surface area contributed by atoms with Gasteiger partial charge in [-0.1, -0.05) is 64.7 Å². The third-order valence-corrected chi connectivity index (χ3v) is 4.05. The summed E-state index contributed by atoms with van der Waals surface area (Å²) in [5.41, 5.74) is 0. The van der Waals surface area contributed by atoms with Crippen LogP contribution in [0.2, 0.25) is 0 Å². The van der Waals surface area contributed by atoms with Crippen molar-refractivity contribution < 1.29 is 20.1 Å². The molecule has 2 atom stereocenters. The number of carbonyl (C=O) groups is 1. The maximum Gasteiger partial charge on any atom is 0.308 e. The third kappa shape index (κ3) is 12.8. The summed E-state index contributed by atoms with van der Waals surface area (Å²) in [6, 6.07) is 0. The minimum Gasteiger partial charge on any atom is -0.481 e. The third-order valence-electron chi connectivity index (χ3n) is 4.05. The summed E-state index contributed by atoms with van der Waals surface area (Å²) in [5.74, 6) is -1.52.